The highest BCUT2D eigenvalue weighted by atomic mass is 16.2. The van der Waals surface area contributed by atoms with Crippen LogP contribution < -0.4 is 5.32 Å². The van der Waals surface area contributed by atoms with Crippen molar-refractivity contribution in [1.82, 2.24) is 9.88 Å². The number of aryl methyl sites for hydroxylation is 2. The summed E-state index contributed by atoms with van der Waals surface area (Å²) in [4.78, 5) is 25.6. The van der Waals surface area contributed by atoms with Crippen molar-refractivity contribution in [3.63, 3.8) is 0 Å². The Morgan fingerprint density at radius 2 is 1.74 bits per heavy atom. The third-order valence-electron chi connectivity index (χ3n) is 7.02. The molecule has 0 spiro atoms. The van der Waals surface area contributed by atoms with Gasteiger partial charge in [0.2, 0.25) is 11.8 Å². The first-order valence-electron chi connectivity index (χ1n) is 9.66. The summed E-state index contributed by atoms with van der Waals surface area (Å²) in [6.45, 7) is 0. The van der Waals surface area contributed by atoms with Gasteiger partial charge in [-0.05, 0) is 41.5 Å². The van der Waals surface area contributed by atoms with E-state index in [1.807, 2.05) is 12.1 Å². The summed E-state index contributed by atoms with van der Waals surface area (Å²) in [5.74, 6) is -0.482. The van der Waals surface area contributed by atoms with E-state index < -0.39 is 0 Å². The number of hydrogen-bond acceptors (Lipinski definition) is 2. The first-order valence-corrected chi connectivity index (χ1v) is 9.66. The van der Waals surface area contributed by atoms with Gasteiger partial charge in [0.15, 0.2) is 0 Å². The SMILES string of the molecule is Cn1c2c(c3ccccc31)C1C(=O)NC(=O)C1C1CCc3ccccc3C21. The molecule has 4 unspecified atom stereocenters. The number of para-hydroxylation sites is 1. The first-order chi connectivity index (χ1) is 13.2. The van der Waals surface area contributed by atoms with Gasteiger partial charge in [0.25, 0.3) is 0 Å². The number of fused-ring (bicyclic) bond motifs is 10. The maximum Gasteiger partial charge on any atom is 0.235 e. The van der Waals surface area contributed by atoms with Crippen LogP contribution in [-0.2, 0) is 23.1 Å². The Balaban J connectivity index is 1.74. The Hall–Kier alpha value is -2.88. The number of rotatable bonds is 0. The summed E-state index contributed by atoms with van der Waals surface area (Å²) in [6, 6.07) is 16.9. The monoisotopic (exact) mass is 356 g/mol. The van der Waals surface area contributed by atoms with Crippen LogP contribution in [0, 0.1) is 11.8 Å². The van der Waals surface area contributed by atoms with Crippen LogP contribution in [0.3, 0.4) is 0 Å². The Morgan fingerprint density at radius 3 is 2.63 bits per heavy atom. The number of aromatic nitrogens is 1. The Labute approximate surface area is 157 Å². The molecule has 27 heavy (non-hydrogen) atoms. The molecule has 1 N–H and O–H groups in total. The summed E-state index contributed by atoms with van der Waals surface area (Å²) in [5, 5.41) is 3.75. The molecule has 4 atom stereocenters. The molecule has 2 aliphatic carbocycles. The van der Waals surface area contributed by atoms with Gasteiger partial charge in [0, 0.05) is 29.6 Å². The molecule has 4 nitrogen and oxygen atoms in total. The molecule has 0 saturated carbocycles. The third-order valence-corrected chi connectivity index (χ3v) is 7.02. The van der Waals surface area contributed by atoms with Crippen molar-refractivity contribution in [2.75, 3.05) is 0 Å². The molecule has 4 heteroatoms. The fourth-order valence-electron chi connectivity index (χ4n) is 6.02. The van der Waals surface area contributed by atoms with E-state index in [4.69, 9.17) is 0 Å². The van der Waals surface area contributed by atoms with Gasteiger partial charge >= 0.3 is 0 Å². The van der Waals surface area contributed by atoms with Crippen molar-refractivity contribution in [3.8, 4) is 0 Å². The maximum absolute atomic E-state index is 12.8. The van der Waals surface area contributed by atoms with Crippen molar-refractivity contribution >= 4 is 22.7 Å². The quantitative estimate of drug-likeness (QED) is 0.629. The highest BCUT2D eigenvalue weighted by Gasteiger charge is 2.56. The highest BCUT2D eigenvalue weighted by molar-refractivity contribution is 6.10. The van der Waals surface area contributed by atoms with E-state index in [2.05, 4.69) is 53.3 Å². The van der Waals surface area contributed by atoms with Crippen LogP contribution in [0.15, 0.2) is 48.5 Å². The van der Waals surface area contributed by atoms with Crippen LogP contribution in [0.4, 0.5) is 0 Å². The van der Waals surface area contributed by atoms with Crippen LogP contribution in [-0.4, -0.2) is 16.4 Å². The average molecular weight is 356 g/mol. The van der Waals surface area contributed by atoms with E-state index in [0.29, 0.717) is 0 Å². The van der Waals surface area contributed by atoms with Gasteiger partial charge in [-0.1, -0.05) is 42.5 Å². The fourth-order valence-corrected chi connectivity index (χ4v) is 6.02. The zero-order chi connectivity index (χ0) is 18.3. The second-order valence-electron chi connectivity index (χ2n) is 8.11. The molecule has 134 valence electrons. The molecular weight excluding hydrogens is 336 g/mol. The van der Waals surface area contributed by atoms with Gasteiger partial charge in [-0.15, -0.1) is 0 Å². The molecule has 1 aromatic heterocycles. The molecule has 1 aliphatic heterocycles. The van der Waals surface area contributed by atoms with Gasteiger partial charge in [-0.3, -0.25) is 14.9 Å². The molecule has 2 aromatic carbocycles. The number of imide groups is 1. The lowest BCUT2D eigenvalue weighted by Gasteiger charge is -2.42. The minimum atomic E-state index is -0.356. The zero-order valence-electron chi connectivity index (χ0n) is 15.1. The molecule has 1 fully saturated rings. The summed E-state index contributed by atoms with van der Waals surface area (Å²) in [7, 11) is 2.10. The predicted molar refractivity (Wildman–Crippen MR) is 102 cm³/mol. The number of carbonyl (C=O) groups excluding carboxylic acids is 2. The largest absolute Gasteiger partial charge is 0.347 e. The van der Waals surface area contributed by atoms with E-state index in [-0.39, 0.29) is 35.5 Å². The normalized spacial score (nSPS) is 28.3. The second-order valence-corrected chi connectivity index (χ2v) is 8.11. The Bertz CT molecular complexity index is 1140. The van der Waals surface area contributed by atoms with Crippen LogP contribution in [0.5, 0.6) is 0 Å². The smallest absolute Gasteiger partial charge is 0.235 e. The van der Waals surface area contributed by atoms with Crippen LogP contribution in [0.2, 0.25) is 0 Å². The molecule has 3 aromatic rings. The number of nitrogens with zero attached hydrogens (tertiary/aromatic N) is 1. The second kappa shape index (κ2) is 5.10. The van der Waals surface area contributed by atoms with Crippen molar-refractivity contribution in [3.05, 3.63) is 70.9 Å². The molecule has 0 bridgehead atoms. The molecule has 6 rings (SSSR count). The lowest BCUT2D eigenvalue weighted by Crippen LogP contribution is -2.39. The van der Waals surface area contributed by atoms with Gasteiger partial charge in [-0.25, -0.2) is 0 Å². The van der Waals surface area contributed by atoms with Crippen LogP contribution in [0.25, 0.3) is 10.9 Å². The third kappa shape index (κ3) is 1.78. The molecule has 2 heterocycles. The van der Waals surface area contributed by atoms with Gasteiger partial charge in [0.1, 0.15) is 0 Å². The van der Waals surface area contributed by atoms with Gasteiger partial charge in [-0.2, -0.15) is 0 Å². The zero-order valence-corrected chi connectivity index (χ0v) is 15.1. The van der Waals surface area contributed by atoms with Gasteiger partial charge < -0.3 is 4.57 Å². The summed E-state index contributed by atoms with van der Waals surface area (Å²) in [5.41, 5.74) is 6.13. The van der Waals surface area contributed by atoms with Crippen molar-refractivity contribution < 1.29 is 9.59 Å². The number of carbonyl (C=O) groups is 2. The molecule has 3 aliphatic rings. The lowest BCUT2D eigenvalue weighted by atomic mass is 9.60. The van der Waals surface area contributed by atoms with Crippen LogP contribution in [0.1, 0.15) is 40.6 Å². The summed E-state index contributed by atoms with van der Waals surface area (Å²) < 4.78 is 2.26. The van der Waals surface area contributed by atoms with E-state index in [1.165, 1.54) is 16.8 Å². The average Bonchev–Trinajstić information content (AvgIpc) is 3.16. The number of amides is 2. The molecule has 2 amide bonds. The van der Waals surface area contributed by atoms with Crippen LogP contribution >= 0.6 is 0 Å². The standard InChI is InChI=1S/C23H20N2O2/c1-25-16-9-5-4-8-14(16)18-20-19(22(26)24-23(20)27)15-11-10-12-6-2-3-7-13(12)17(15)21(18)25/h2-9,15,17,19-20H,10-11H2,1H3,(H,24,26,27). The topological polar surface area (TPSA) is 51.1 Å². The van der Waals surface area contributed by atoms with Crippen molar-refractivity contribution in [2.24, 2.45) is 18.9 Å². The van der Waals surface area contributed by atoms with Crippen molar-refractivity contribution in [1.29, 1.82) is 0 Å². The maximum atomic E-state index is 12.8. The summed E-state index contributed by atoms with van der Waals surface area (Å²) in [6.07, 6.45) is 1.92. The minimum Gasteiger partial charge on any atom is -0.347 e. The van der Waals surface area contributed by atoms with Crippen molar-refractivity contribution in [2.45, 2.75) is 24.7 Å². The predicted octanol–water partition coefficient (Wildman–Crippen LogP) is 3.24. The Morgan fingerprint density at radius 1 is 0.963 bits per heavy atom. The first kappa shape index (κ1) is 15.2. The van der Waals surface area contributed by atoms with E-state index in [0.717, 1.165) is 29.3 Å². The Kier molecular flexibility index (Phi) is 2.87. The van der Waals surface area contributed by atoms with E-state index >= 15 is 0 Å². The fraction of sp³-hybridized carbons (Fsp3) is 0.304. The molecule has 1 saturated heterocycles. The molecule has 0 radical (unpaired) electrons. The summed E-state index contributed by atoms with van der Waals surface area (Å²) >= 11 is 0. The number of benzene rings is 2. The van der Waals surface area contributed by atoms with E-state index in [1.54, 1.807) is 0 Å². The van der Waals surface area contributed by atoms with E-state index in [9.17, 15) is 9.59 Å². The molecular formula is C23H20N2O2. The lowest BCUT2D eigenvalue weighted by molar-refractivity contribution is -0.126. The number of nitrogens with one attached hydrogen (secondary N) is 1. The minimum absolute atomic E-state index is 0.0852. The highest BCUT2D eigenvalue weighted by Crippen LogP contribution is 2.57. The number of hydrogen-bond donors (Lipinski definition) is 1. The van der Waals surface area contributed by atoms with Gasteiger partial charge in [0.05, 0.1) is 11.8 Å².